The van der Waals surface area contributed by atoms with E-state index < -0.39 is 6.04 Å². The van der Waals surface area contributed by atoms with Crippen molar-refractivity contribution in [2.24, 2.45) is 5.73 Å². The van der Waals surface area contributed by atoms with Crippen molar-refractivity contribution in [3.63, 3.8) is 0 Å². The van der Waals surface area contributed by atoms with Gasteiger partial charge in [-0.1, -0.05) is 6.07 Å². The van der Waals surface area contributed by atoms with Gasteiger partial charge in [0.05, 0.1) is 14.2 Å². The molecule has 0 unspecified atom stereocenters. The standard InChI is InChI=1S/C17H20N2O4/c1-10-4-6-13(23-10)16-15(18)17(20)19(16)9-11-5-7-12(21-2)14(8-11)22-3/h4-8,15-16H,9,18H2,1-3H3/t15-,16-/m1/s1. The number of hydrogen-bond donors (Lipinski definition) is 1. The Bertz CT molecular complexity index is 725. The Morgan fingerprint density at radius 2 is 1.91 bits per heavy atom. The number of rotatable bonds is 5. The first kappa shape index (κ1) is 15.4. The van der Waals surface area contributed by atoms with E-state index in [1.165, 1.54) is 0 Å². The van der Waals surface area contributed by atoms with Crippen LogP contribution in [-0.4, -0.2) is 31.1 Å². The summed E-state index contributed by atoms with van der Waals surface area (Å²) in [7, 11) is 3.17. The van der Waals surface area contributed by atoms with Crippen LogP contribution in [0.15, 0.2) is 34.7 Å². The van der Waals surface area contributed by atoms with Crippen LogP contribution in [0.1, 0.15) is 23.1 Å². The van der Waals surface area contributed by atoms with E-state index in [-0.39, 0.29) is 11.9 Å². The number of nitrogens with two attached hydrogens (primary N) is 1. The number of methoxy groups -OCH3 is 2. The maximum Gasteiger partial charge on any atom is 0.243 e. The molecule has 2 atom stereocenters. The summed E-state index contributed by atoms with van der Waals surface area (Å²) in [4.78, 5) is 13.8. The summed E-state index contributed by atoms with van der Waals surface area (Å²) in [5.74, 6) is 2.72. The molecule has 0 bridgehead atoms. The molecule has 0 radical (unpaired) electrons. The lowest BCUT2D eigenvalue weighted by atomic mass is 9.92. The molecular weight excluding hydrogens is 296 g/mol. The molecule has 1 aliphatic heterocycles. The van der Waals surface area contributed by atoms with Crippen LogP contribution in [0, 0.1) is 6.92 Å². The predicted molar refractivity (Wildman–Crippen MR) is 84.3 cm³/mol. The van der Waals surface area contributed by atoms with E-state index in [1.807, 2.05) is 37.3 Å². The molecule has 1 aromatic heterocycles. The van der Waals surface area contributed by atoms with Gasteiger partial charge in [0.25, 0.3) is 0 Å². The maximum atomic E-state index is 12.1. The Kier molecular flexibility index (Phi) is 4.00. The van der Waals surface area contributed by atoms with Crippen LogP contribution in [0.2, 0.25) is 0 Å². The van der Waals surface area contributed by atoms with E-state index in [9.17, 15) is 4.79 Å². The van der Waals surface area contributed by atoms with E-state index in [0.717, 1.165) is 17.1 Å². The molecule has 2 N–H and O–H groups in total. The van der Waals surface area contributed by atoms with Crippen molar-refractivity contribution >= 4 is 5.91 Å². The highest BCUT2D eigenvalue weighted by Crippen LogP contribution is 2.37. The Morgan fingerprint density at radius 1 is 1.17 bits per heavy atom. The van der Waals surface area contributed by atoms with Gasteiger partial charge in [0.15, 0.2) is 11.5 Å². The molecule has 6 heteroatoms. The van der Waals surface area contributed by atoms with E-state index in [1.54, 1.807) is 19.1 Å². The van der Waals surface area contributed by atoms with Crippen LogP contribution in [0.4, 0.5) is 0 Å². The highest BCUT2D eigenvalue weighted by atomic mass is 16.5. The number of ether oxygens (including phenoxy) is 2. The Morgan fingerprint density at radius 3 is 2.52 bits per heavy atom. The fraction of sp³-hybridized carbons (Fsp3) is 0.353. The summed E-state index contributed by atoms with van der Waals surface area (Å²) >= 11 is 0. The van der Waals surface area contributed by atoms with Gasteiger partial charge < -0.3 is 24.5 Å². The van der Waals surface area contributed by atoms with Crippen LogP contribution in [0.3, 0.4) is 0 Å². The number of benzene rings is 1. The molecule has 0 aliphatic carbocycles. The first-order chi connectivity index (χ1) is 11.0. The van der Waals surface area contributed by atoms with Gasteiger partial charge in [0.2, 0.25) is 5.91 Å². The number of nitrogens with zero attached hydrogens (tertiary/aromatic N) is 1. The number of amides is 1. The number of carbonyl (C=O) groups is 1. The minimum Gasteiger partial charge on any atom is -0.493 e. The Hall–Kier alpha value is -2.47. The van der Waals surface area contributed by atoms with Gasteiger partial charge in [-0.15, -0.1) is 0 Å². The second kappa shape index (κ2) is 5.96. The fourth-order valence-electron chi connectivity index (χ4n) is 2.87. The molecule has 3 rings (SSSR count). The summed E-state index contributed by atoms with van der Waals surface area (Å²) in [5, 5.41) is 0. The lowest BCUT2D eigenvalue weighted by Crippen LogP contribution is -2.62. The van der Waals surface area contributed by atoms with Crippen LogP contribution in [0.25, 0.3) is 0 Å². The SMILES string of the molecule is COc1ccc(CN2C(=O)[C@H](N)[C@H]2c2ccc(C)o2)cc1OC. The summed E-state index contributed by atoms with van der Waals surface area (Å²) in [6, 6.07) is 8.55. The van der Waals surface area contributed by atoms with Crippen molar-refractivity contribution in [3.8, 4) is 11.5 Å². The van der Waals surface area contributed by atoms with Crippen molar-refractivity contribution in [1.29, 1.82) is 0 Å². The number of aryl methyl sites for hydroxylation is 1. The van der Waals surface area contributed by atoms with Gasteiger partial charge in [-0.25, -0.2) is 0 Å². The Labute approximate surface area is 134 Å². The number of carbonyl (C=O) groups excluding carboxylic acids is 1. The van der Waals surface area contributed by atoms with Gasteiger partial charge in [-0.3, -0.25) is 4.79 Å². The lowest BCUT2D eigenvalue weighted by molar-refractivity contribution is -0.151. The third kappa shape index (κ3) is 2.66. The summed E-state index contributed by atoms with van der Waals surface area (Å²) in [5.41, 5.74) is 6.90. The van der Waals surface area contributed by atoms with Gasteiger partial charge in [-0.05, 0) is 36.8 Å². The molecule has 1 saturated heterocycles. The maximum absolute atomic E-state index is 12.1. The highest BCUT2D eigenvalue weighted by Gasteiger charge is 2.47. The smallest absolute Gasteiger partial charge is 0.243 e. The highest BCUT2D eigenvalue weighted by molar-refractivity contribution is 5.89. The average Bonchev–Trinajstić information content (AvgIpc) is 2.99. The van der Waals surface area contributed by atoms with Crippen LogP contribution in [-0.2, 0) is 11.3 Å². The lowest BCUT2D eigenvalue weighted by Gasteiger charge is -2.44. The average molecular weight is 316 g/mol. The van der Waals surface area contributed by atoms with E-state index in [2.05, 4.69) is 0 Å². The normalized spacial score (nSPS) is 20.3. The Balaban J connectivity index is 1.82. The predicted octanol–water partition coefficient (Wildman–Crippen LogP) is 2.02. The third-order valence-electron chi connectivity index (χ3n) is 4.10. The minimum atomic E-state index is -0.555. The monoisotopic (exact) mass is 316 g/mol. The zero-order valence-electron chi connectivity index (χ0n) is 13.4. The van der Waals surface area contributed by atoms with Crippen molar-refractivity contribution in [3.05, 3.63) is 47.4 Å². The van der Waals surface area contributed by atoms with Gasteiger partial charge in [-0.2, -0.15) is 0 Å². The fourth-order valence-corrected chi connectivity index (χ4v) is 2.87. The van der Waals surface area contributed by atoms with Crippen LogP contribution < -0.4 is 15.2 Å². The first-order valence-electron chi connectivity index (χ1n) is 7.38. The third-order valence-corrected chi connectivity index (χ3v) is 4.10. The van der Waals surface area contributed by atoms with E-state index >= 15 is 0 Å². The molecule has 1 fully saturated rings. The zero-order valence-corrected chi connectivity index (χ0v) is 13.4. The number of likely N-dealkylation sites (tertiary alicyclic amines) is 1. The molecule has 2 aromatic rings. The molecule has 1 amide bonds. The van der Waals surface area contributed by atoms with Gasteiger partial charge >= 0.3 is 0 Å². The molecule has 122 valence electrons. The molecule has 1 aromatic carbocycles. The summed E-state index contributed by atoms with van der Waals surface area (Å²) < 4.78 is 16.2. The molecule has 2 heterocycles. The van der Waals surface area contributed by atoms with Crippen LogP contribution >= 0.6 is 0 Å². The molecule has 6 nitrogen and oxygen atoms in total. The number of β-lactam (4-membered cyclic amide) rings is 1. The number of furan rings is 1. The zero-order chi connectivity index (χ0) is 16.6. The molecular formula is C17H20N2O4. The van der Waals surface area contributed by atoms with Crippen molar-refractivity contribution < 1.29 is 18.7 Å². The second-order valence-corrected chi connectivity index (χ2v) is 5.57. The molecule has 23 heavy (non-hydrogen) atoms. The van der Waals surface area contributed by atoms with Crippen molar-refractivity contribution in [2.45, 2.75) is 25.6 Å². The molecule has 0 spiro atoms. The van der Waals surface area contributed by atoms with Gasteiger partial charge in [0.1, 0.15) is 23.6 Å². The van der Waals surface area contributed by atoms with E-state index in [4.69, 9.17) is 19.6 Å². The molecule has 1 aliphatic rings. The second-order valence-electron chi connectivity index (χ2n) is 5.57. The number of hydrogen-bond acceptors (Lipinski definition) is 5. The molecule has 0 saturated carbocycles. The topological polar surface area (TPSA) is 77.9 Å². The van der Waals surface area contributed by atoms with Crippen LogP contribution in [0.5, 0.6) is 11.5 Å². The van der Waals surface area contributed by atoms with Crippen molar-refractivity contribution in [2.75, 3.05) is 14.2 Å². The minimum absolute atomic E-state index is 0.0844. The summed E-state index contributed by atoms with van der Waals surface area (Å²) in [6.45, 7) is 2.31. The van der Waals surface area contributed by atoms with E-state index in [0.29, 0.717) is 18.0 Å². The van der Waals surface area contributed by atoms with Crippen molar-refractivity contribution in [1.82, 2.24) is 4.90 Å². The quantitative estimate of drug-likeness (QED) is 0.854. The van der Waals surface area contributed by atoms with Gasteiger partial charge in [0, 0.05) is 6.54 Å². The summed E-state index contributed by atoms with van der Waals surface area (Å²) in [6.07, 6.45) is 0. The largest absolute Gasteiger partial charge is 0.493 e. The first-order valence-corrected chi connectivity index (χ1v) is 7.38.